The summed E-state index contributed by atoms with van der Waals surface area (Å²) in [6.45, 7) is 2.00. The molecule has 0 fully saturated rings. The standard InChI is InChI=1S/C15H15N3S/c1-10-4-9-13-15(16-10)19-14(17-13)11-5-7-12(8-6-11)18(2)3/h4-9H,1-3H3. The van der Waals surface area contributed by atoms with E-state index in [0.717, 1.165) is 26.6 Å². The molecule has 2 aromatic heterocycles. The van der Waals surface area contributed by atoms with E-state index in [1.807, 2.05) is 33.2 Å². The highest BCUT2D eigenvalue weighted by Gasteiger charge is 2.07. The molecule has 0 atom stereocenters. The third-order valence-electron chi connectivity index (χ3n) is 3.03. The first kappa shape index (κ1) is 12.1. The molecule has 0 saturated carbocycles. The van der Waals surface area contributed by atoms with Crippen molar-refractivity contribution in [3.05, 3.63) is 42.1 Å². The fourth-order valence-corrected chi connectivity index (χ4v) is 2.92. The van der Waals surface area contributed by atoms with Crippen molar-refractivity contribution in [3.8, 4) is 10.6 Å². The van der Waals surface area contributed by atoms with Crippen molar-refractivity contribution >= 4 is 27.4 Å². The molecule has 96 valence electrons. The largest absolute Gasteiger partial charge is 0.378 e. The Hall–Kier alpha value is -1.94. The number of benzene rings is 1. The lowest BCUT2D eigenvalue weighted by atomic mass is 10.2. The Morgan fingerprint density at radius 2 is 1.68 bits per heavy atom. The van der Waals surface area contributed by atoms with E-state index in [4.69, 9.17) is 0 Å². The molecule has 2 heterocycles. The van der Waals surface area contributed by atoms with E-state index < -0.39 is 0 Å². The van der Waals surface area contributed by atoms with Crippen molar-refractivity contribution in [2.45, 2.75) is 6.92 Å². The Balaban J connectivity index is 2.03. The van der Waals surface area contributed by atoms with Crippen molar-refractivity contribution in [1.82, 2.24) is 9.97 Å². The minimum absolute atomic E-state index is 0.974. The predicted molar refractivity (Wildman–Crippen MR) is 81.9 cm³/mol. The maximum atomic E-state index is 4.64. The van der Waals surface area contributed by atoms with Crippen LogP contribution in [0, 0.1) is 6.92 Å². The quantitative estimate of drug-likeness (QED) is 0.709. The minimum Gasteiger partial charge on any atom is -0.378 e. The number of nitrogens with zero attached hydrogens (tertiary/aromatic N) is 3. The van der Waals surface area contributed by atoms with Crippen LogP contribution in [0.3, 0.4) is 0 Å². The molecule has 0 aliphatic rings. The molecule has 4 heteroatoms. The monoisotopic (exact) mass is 269 g/mol. The fraction of sp³-hybridized carbons (Fsp3) is 0.200. The van der Waals surface area contributed by atoms with Gasteiger partial charge in [-0.2, -0.15) is 0 Å². The zero-order valence-corrected chi connectivity index (χ0v) is 12.0. The summed E-state index contributed by atoms with van der Waals surface area (Å²) in [6.07, 6.45) is 0. The molecular formula is C15H15N3S. The number of pyridine rings is 1. The van der Waals surface area contributed by atoms with Gasteiger partial charge in [-0.3, -0.25) is 0 Å². The summed E-state index contributed by atoms with van der Waals surface area (Å²) in [5, 5.41) is 1.03. The highest BCUT2D eigenvalue weighted by Crippen LogP contribution is 2.30. The zero-order valence-electron chi connectivity index (χ0n) is 11.2. The van der Waals surface area contributed by atoms with Gasteiger partial charge in [0.2, 0.25) is 0 Å². The summed E-state index contributed by atoms with van der Waals surface area (Å²) in [6, 6.07) is 12.5. The van der Waals surface area contributed by atoms with Crippen LogP contribution in [0.4, 0.5) is 5.69 Å². The number of rotatable bonds is 2. The first-order chi connectivity index (χ1) is 9.13. The van der Waals surface area contributed by atoms with Crippen LogP contribution in [-0.4, -0.2) is 24.1 Å². The van der Waals surface area contributed by atoms with E-state index in [1.54, 1.807) is 11.3 Å². The van der Waals surface area contributed by atoms with Gasteiger partial charge in [0, 0.05) is 31.0 Å². The molecule has 0 aliphatic heterocycles. The van der Waals surface area contributed by atoms with Crippen LogP contribution in [-0.2, 0) is 0 Å². The number of hydrogen-bond acceptors (Lipinski definition) is 4. The smallest absolute Gasteiger partial charge is 0.144 e. The fourth-order valence-electron chi connectivity index (χ4n) is 1.94. The van der Waals surface area contributed by atoms with E-state index in [9.17, 15) is 0 Å². The van der Waals surface area contributed by atoms with Crippen molar-refractivity contribution in [2.75, 3.05) is 19.0 Å². The average Bonchev–Trinajstić information content (AvgIpc) is 2.81. The number of thiazole rings is 1. The lowest BCUT2D eigenvalue weighted by Gasteiger charge is -2.11. The molecule has 3 rings (SSSR count). The zero-order chi connectivity index (χ0) is 13.4. The molecule has 0 unspecified atom stereocenters. The van der Waals surface area contributed by atoms with Crippen molar-refractivity contribution < 1.29 is 0 Å². The first-order valence-electron chi connectivity index (χ1n) is 6.15. The molecule has 1 aromatic carbocycles. The van der Waals surface area contributed by atoms with Gasteiger partial charge < -0.3 is 4.90 Å². The molecular weight excluding hydrogens is 254 g/mol. The summed E-state index contributed by atoms with van der Waals surface area (Å²) in [7, 11) is 4.08. The average molecular weight is 269 g/mol. The number of fused-ring (bicyclic) bond motifs is 1. The van der Waals surface area contributed by atoms with Crippen LogP contribution in [0.15, 0.2) is 36.4 Å². The Morgan fingerprint density at radius 1 is 0.947 bits per heavy atom. The van der Waals surface area contributed by atoms with Gasteiger partial charge in [-0.1, -0.05) is 11.3 Å². The van der Waals surface area contributed by atoms with E-state index in [1.165, 1.54) is 5.69 Å². The summed E-state index contributed by atoms with van der Waals surface area (Å²) < 4.78 is 0. The number of hydrogen-bond donors (Lipinski definition) is 0. The lowest BCUT2D eigenvalue weighted by molar-refractivity contribution is 1.13. The van der Waals surface area contributed by atoms with Gasteiger partial charge in [-0.15, -0.1) is 0 Å². The molecule has 3 aromatic rings. The normalized spacial score (nSPS) is 10.9. The van der Waals surface area contributed by atoms with Crippen LogP contribution in [0.5, 0.6) is 0 Å². The number of aryl methyl sites for hydroxylation is 1. The van der Waals surface area contributed by atoms with Crippen LogP contribution >= 0.6 is 11.3 Å². The molecule has 0 saturated heterocycles. The van der Waals surface area contributed by atoms with Crippen molar-refractivity contribution in [1.29, 1.82) is 0 Å². The van der Waals surface area contributed by atoms with Gasteiger partial charge in [0.05, 0.1) is 0 Å². The summed E-state index contributed by atoms with van der Waals surface area (Å²) in [4.78, 5) is 12.3. The maximum absolute atomic E-state index is 4.64. The van der Waals surface area contributed by atoms with E-state index in [-0.39, 0.29) is 0 Å². The minimum atomic E-state index is 0.974. The molecule has 0 N–H and O–H groups in total. The predicted octanol–water partition coefficient (Wildman–Crippen LogP) is 3.73. The summed E-state index contributed by atoms with van der Waals surface area (Å²) in [5.41, 5.74) is 4.35. The van der Waals surface area contributed by atoms with Gasteiger partial charge in [0.1, 0.15) is 15.4 Å². The topological polar surface area (TPSA) is 29.0 Å². The third-order valence-corrected chi connectivity index (χ3v) is 4.04. The molecule has 0 amide bonds. The van der Waals surface area contributed by atoms with Crippen LogP contribution in [0.1, 0.15) is 5.69 Å². The van der Waals surface area contributed by atoms with Crippen molar-refractivity contribution in [2.24, 2.45) is 0 Å². The molecule has 0 radical (unpaired) electrons. The molecule has 0 aliphatic carbocycles. The van der Waals surface area contributed by atoms with Crippen LogP contribution < -0.4 is 4.90 Å². The van der Waals surface area contributed by atoms with E-state index in [2.05, 4.69) is 39.1 Å². The third kappa shape index (κ3) is 2.31. The highest BCUT2D eigenvalue weighted by atomic mass is 32.1. The van der Waals surface area contributed by atoms with Crippen LogP contribution in [0.25, 0.3) is 20.9 Å². The summed E-state index contributed by atoms with van der Waals surface area (Å²) in [5.74, 6) is 0. The second kappa shape index (κ2) is 4.63. The Kier molecular flexibility index (Phi) is 2.95. The van der Waals surface area contributed by atoms with Gasteiger partial charge in [0.15, 0.2) is 0 Å². The van der Waals surface area contributed by atoms with Crippen LogP contribution in [0.2, 0.25) is 0 Å². The highest BCUT2D eigenvalue weighted by molar-refractivity contribution is 7.21. The molecule has 0 spiro atoms. The van der Waals surface area contributed by atoms with Gasteiger partial charge in [-0.05, 0) is 43.3 Å². The van der Waals surface area contributed by atoms with E-state index in [0.29, 0.717) is 0 Å². The molecule has 3 nitrogen and oxygen atoms in total. The Morgan fingerprint density at radius 3 is 2.37 bits per heavy atom. The van der Waals surface area contributed by atoms with Crippen molar-refractivity contribution in [3.63, 3.8) is 0 Å². The second-order valence-corrected chi connectivity index (χ2v) is 5.71. The Bertz CT molecular complexity index is 714. The number of anilines is 1. The van der Waals surface area contributed by atoms with E-state index >= 15 is 0 Å². The second-order valence-electron chi connectivity index (χ2n) is 4.74. The SMILES string of the molecule is Cc1ccc2nc(-c3ccc(N(C)C)cc3)sc2n1. The molecule has 19 heavy (non-hydrogen) atoms. The van der Waals surface area contributed by atoms with Gasteiger partial charge in [-0.25, -0.2) is 9.97 Å². The maximum Gasteiger partial charge on any atom is 0.144 e. The molecule has 0 bridgehead atoms. The van der Waals surface area contributed by atoms with Gasteiger partial charge >= 0.3 is 0 Å². The summed E-state index contributed by atoms with van der Waals surface area (Å²) >= 11 is 1.64. The first-order valence-corrected chi connectivity index (χ1v) is 6.97. The lowest BCUT2D eigenvalue weighted by Crippen LogP contribution is -2.07. The van der Waals surface area contributed by atoms with Gasteiger partial charge in [0.25, 0.3) is 0 Å². The Labute approximate surface area is 116 Å². The number of aromatic nitrogens is 2.